The average Bonchev–Trinajstić information content (AvgIpc) is 3.10. The highest BCUT2D eigenvalue weighted by Gasteiger charge is 2.27. The van der Waals surface area contributed by atoms with Gasteiger partial charge in [-0.3, -0.25) is 9.88 Å². The minimum atomic E-state index is 0.486. The first kappa shape index (κ1) is 13.8. The van der Waals surface area contributed by atoms with Crippen LogP contribution in [-0.2, 0) is 4.74 Å². The first-order valence-corrected chi connectivity index (χ1v) is 8.04. The molecule has 0 aromatic carbocycles. The Morgan fingerprint density at radius 2 is 1.95 bits per heavy atom. The molecule has 2 aromatic heterocycles. The Labute approximate surface area is 129 Å². The zero-order chi connectivity index (χ0) is 14.8. The van der Waals surface area contributed by atoms with Gasteiger partial charge in [0.25, 0.3) is 0 Å². The van der Waals surface area contributed by atoms with Crippen molar-refractivity contribution in [3.8, 4) is 0 Å². The van der Waals surface area contributed by atoms with E-state index < -0.39 is 0 Å². The first-order chi connectivity index (χ1) is 10.9. The van der Waals surface area contributed by atoms with Crippen LogP contribution < -0.4 is 5.32 Å². The predicted molar refractivity (Wildman–Crippen MR) is 84.8 cm³/mol. The maximum atomic E-state index is 5.49. The minimum absolute atomic E-state index is 0.486. The second-order valence-corrected chi connectivity index (χ2v) is 6.07. The number of hydrogen-bond acceptors (Lipinski definition) is 6. The summed E-state index contributed by atoms with van der Waals surface area (Å²) in [5, 5.41) is 3.55. The molecule has 0 unspecified atom stereocenters. The molecule has 2 saturated heterocycles. The Bertz CT molecular complexity index is 635. The van der Waals surface area contributed by atoms with Gasteiger partial charge in [0.05, 0.1) is 6.61 Å². The van der Waals surface area contributed by atoms with E-state index in [0.29, 0.717) is 17.7 Å². The quantitative estimate of drug-likeness (QED) is 0.930. The van der Waals surface area contributed by atoms with E-state index >= 15 is 0 Å². The standard InChI is InChI=1S/C16H21N5O/c1-2-15(20-16-14(1)17-6-7-18-16)19-12-3-8-21(9-4-12)13-5-10-22-11-13/h1-2,6-7,12-13H,3-5,8-11H2,(H,18,19,20)/t13-/m1/s1. The van der Waals surface area contributed by atoms with Gasteiger partial charge >= 0.3 is 0 Å². The summed E-state index contributed by atoms with van der Waals surface area (Å²) >= 11 is 0. The van der Waals surface area contributed by atoms with Crippen molar-refractivity contribution < 1.29 is 4.74 Å². The number of nitrogens with one attached hydrogen (secondary N) is 1. The van der Waals surface area contributed by atoms with E-state index in [-0.39, 0.29) is 0 Å². The van der Waals surface area contributed by atoms with Crippen molar-refractivity contribution in [2.24, 2.45) is 0 Å². The molecule has 6 nitrogen and oxygen atoms in total. The van der Waals surface area contributed by atoms with Gasteiger partial charge in [0, 0.05) is 44.2 Å². The fraction of sp³-hybridized carbons (Fsp3) is 0.562. The molecule has 2 aromatic rings. The van der Waals surface area contributed by atoms with E-state index in [1.54, 1.807) is 12.4 Å². The molecule has 2 aliphatic rings. The van der Waals surface area contributed by atoms with Crippen LogP contribution in [0.2, 0.25) is 0 Å². The molecule has 2 fully saturated rings. The zero-order valence-electron chi connectivity index (χ0n) is 12.6. The van der Waals surface area contributed by atoms with Crippen LogP contribution in [-0.4, -0.2) is 58.2 Å². The summed E-state index contributed by atoms with van der Waals surface area (Å²) in [7, 11) is 0. The predicted octanol–water partition coefficient (Wildman–Crippen LogP) is 1.69. The molecule has 0 aliphatic carbocycles. The summed E-state index contributed by atoms with van der Waals surface area (Å²) in [6.45, 7) is 4.10. The van der Waals surface area contributed by atoms with Crippen molar-refractivity contribution in [2.45, 2.75) is 31.3 Å². The molecule has 116 valence electrons. The number of likely N-dealkylation sites (tertiary alicyclic amines) is 1. The largest absolute Gasteiger partial charge is 0.380 e. The number of ether oxygens (including phenoxy) is 1. The lowest BCUT2D eigenvalue weighted by atomic mass is 10.0. The fourth-order valence-electron chi connectivity index (χ4n) is 3.36. The summed E-state index contributed by atoms with van der Waals surface area (Å²) in [6, 6.07) is 5.09. The highest BCUT2D eigenvalue weighted by atomic mass is 16.5. The second-order valence-electron chi connectivity index (χ2n) is 6.07. The first-order valence-electron chi connectivity index (χ1n) is 8.04. The van der Waals surface area contributed by atoms with Gasteiger partial charge in [-0.25, -0.2) is 9.97 Å². The van der Waals surface area contributed by atoms with Gasteiger partial charge in [0.15, 0.2) is 5.65 Å². The third-order valence-corrected chi connectivity index (χ3v) is 4.64. The number of piperidine rings is 1. The molecular formula is C16H21N5O. The van der Waals surface area contributed by atoms with E-state index in [2.05, 4.69) is 25.2 Å². The molecule has 0 radical (unpaired) electrons. The summed E-state index contributed by atoms with van der Waals surface area (Å²) in [4.78, 5) is 15.6. The van der Waals surface area contributed by atoms with Gasteiger partial charge in [-0.15, -0.1) is 0 Å². The lowest BCUT2D eigenvalue weighted by Gasteiger charge is -2.35. The maximum Gasteiger partial charge on any atom is 0.180 e. The molecule has 2 aliphatic heterocycles. The Kier molecular flexibility index (Phi) is 3.86. The van der Waals surface area contributed by atoms with E-state index in [4.69, 9.17) is 4.74 Å². The zero-order valence-corrected chi connectivity index (χ0v) is 12.6. The van der Waals surface area contributed by atoms with Crippen molar-refractivity contribution in [1.29, 1.82) is 0 Å². The van der Waals surface area contributed by atoms with Crippen molar-refractivity contribution in [1.82, 2.24) is 19.9 Å². The van der Waals surface area contributed by atoms with Crippen molar-refractivity contribution in [3.05, 3.63) is 24.5 Å². The van der Waals surface area contributed by atoms with Crippen molar-refractivity contribution >= 4 is 17.0 Å². The highest BCUT2D eigenvalue weighted by molar-refractivity contribution is 5.71. The van der Waals surface area contributed by atoms with Gasteiger partial charge in [0.2, 0.25) is 0 Å². The van der Waals surface area contributed by atoms with Gasteiger partial charge in [0.1, 0.15) is 11.3 Å². The third kappa shape index (κ3) is 2.89. The van der Waals surface area contributed by atoms with Crippen molar-refractivity contribution in [3.63, 3.8) is 0 Å². The topological polar surface area (TPSA) is 63.2 Å². The second kappa shape index (κ2) is 6.14. The number of pyridine rings is 1. The molecule has 22 heavy (non-hydrogen) atoms. The van der Waals surface area contributed by atoms with Crippen LogP contribution in [0.25, 0.3) is 11.2 Å². The maximum absolute atomic E-state index is 5.49. The lowest BCUT2D eigenvalue weighted by Crippen LogP contribution is -2.44. The molecule has 0 spiro atoms. The van der Waals surface area contributed by atoms with Crippen molar-refractivity contribution in [2.75, 3.05) is 31.6 Å². The van der Waals surface area contributed by atoms with Crippen LogP contribution >= 0.6 is 0 Å². The summed E-state index contributed by atoms with van der Waals surface area (Å²) in [6.07, 6.45) is 6.86. The van der Waals surface area contributed by atoms with E-state index in [9.17, 15) is 0 Å². The molecule has 4 heterocycles. The van der Waals surface area contributed by atoms with Gasteiger partial charge in [-0.05, 0) is 31.4 Å². The van der Waals surface area contributed by atoms with Gasteiger partial charge in [-0.2, -0.15) is 0 Å². The molecule has 1 N–H and O–H groups in total. The molecule has 0 saturated carbocycles. The van der Waals surface area contributed by atoms with Crippen LogP contribution in [0.15, 0.2) is 24.5 Å². The summed E-state index contributed by atoms with van der Waals surface area (Å²) < 4.78 is 5.49. The van der Waals surface area contributed by atoms with Crippen LogP contribution in [0.5, 0.6) is 0 Å². The number of rotatable bonds is 3. The molecule has 0 bridgehead atoms. The Hall–Kier alpha value is -1.79. The molecule has 0 amide bonds. The fourth-order valence-corrected chi connectivity index (χ4v) is 3.36. The normalized spacial score (nSPS) is 23.9. The third-order valence-electron chi connectivity index (χ3n) is 4.64. The minimum Gasteiger partial charge on any atom is -0.380 e. The molecular weight excluding hydrogens is 278 g/mol. The lowest BCUT2D eigenvalue weighted by molar-refractivity contribution is 0.124. The average molecular weight is 299 g/mol. The summed E-state index contributed by atoms with van der Waals surface area (Å²) in [5.74, 6) is 0.899. The Morgan fingerprint density at radius 1 is 1.09 bits per heavy atom. The monoisotopic (exact) mass is 299 g/mol. The highest BCUT2D eigenvalue weighted by Crippen LogP contribution is 2.21. The van der Waals surface area contributed by atoms with Crippen LogP contribution in [0.1, 0.15) is 19.3 Å². The van der Waals surface area contributed by atoms with Gasteiger partial charge < -0.3 is 10.1 Å². The number of fused-ring (bicyclic) bond motifs is 1. The number of hydrogen-bond donors (Lipinski definition) is 1. The summed E-state index contributed by atoms with van der Waals surface area (Å²) in [5.41, 5.74) is 1.54. The van der Waals surface area contributed by atoms with E-state index in [1.807, 2.05) is 12.1 Å². The molecule has 6 heteroatoms. The SMILES string of the molecule is c1cnc2nc(NC3CCN([C@@H]4CCOC4)CC3)ccc2n1. The Morgan fingerprint density at radius 3 is 2.77 bits per heavy atom. The van der Waals surface area contributed by atoms with Crippen LogP contribution in [0, 0.1) is 0 Å². The van der Waals surface area contributed by atoms with E-state index in [0.717, 1.165) is 50.5 Å². The van der Waals surface area contributed by atoms with Crippen LogP contribution in [0.3, 0.4) is 0 Å². The number of aromatic nitrogens is 3. The number of anilines is 1. The van der Waals surface area contributed by atoms with Crippen LogP contribution in [0.4, 0.5) is 5.82 Å². The Balaban J connectivity index is 1.37. The molecule has 1 atom stereocenters. The molecule has 4 rings (SSSR count). The van der Waals surface area contributed by atoms with E-state index in [1.165, 1.54) is 6.42 Å². The van der Waals surface area contributed by atoms with Gasteiger partial charge in [-0.1, -0.05) is 0 Å². The number of nitrogens with zero attached hydrogens (tertiary/aromatic N) is 4. The smallest absolute Gasteiger partial charge is 0.180 e.